The number of nitrogens with one attached hydrogen (secondary N) is 2. The number of amides is 1. The van der Waals surface area contributed by atoms with E-state index in [0.29, 0.717) is 43.8 Å². The van der Waals surface area contributed by atoms with Crippen LogP contribution in [0.25, 0.3) is 5.52 Å². The molecule has 4 aromatic rings. The number of aryl methyl sites for hydroxylation is 3. The number of nitrogens with zero attached hydrogens (tertiary/aromatic N) is 6. The van der Waals surface area contributed by atoms with Crippen molar-refractivity contribution in [1.29, 1.82) is 0 Å². The van der Waals surface area contributed by atoms with Gasteiger partial charge in [-0.1, -0.05) is 18.2 Å². The molecule has 1 fully saturated rings. The minimum absolute atomic E-state index is 0.0956. The fraction of sp³-hybridized carbons (Fsp3) is 0.304. The number of hydrogen-bond donors (Lipinski definition) is 2. The second kappa shape index (κ2) is 7.99. The molecule has 5 rings (SSSR count). The van der Waals surface area contributed by atoms with Gasteiger partial charge in [0.1, 0.15) is 5.52 Å². The Kier molecular flexibility index (Phi) is 5.01. The minimum atomic E-state index is 0.0956. The molecule has 0 bridgehead atoms. The lowest BCUT2D eigenvalue weighted by Crippen LogP contribution is -2.49. The highest BCUT2D eigenvalue weighted by Gasteiger charge is 2.26. The summed E-state index contributed by atoms with van der Waals surface area (Å²) in [4.78, 5) is 22.0. The summed E-state index contributed by atoms with van der Waals surface area (Å²) in [5.41, 5.74) is 4.69. The summed E-state index contributed by atoms with van der Waals surface area (Å²) in [6.45, 7) is 8.53. The van der Waals surface area contributed by atoms with Gasteiger partial charge in [-0.05, 0) is 44.0 Å². The molecule has 0 radical (unpaired) electrons. The van der Waals surface area contributed by atoms with Crippen LogP contribution in [-0.2, 0) is 0 Å². The Bertz CT molecular complexity index is 1260. The smallest absolute Gasteiger partial charge is 0.254 e. The summed E-state index contributed by atoms with van der Waals surface area (Å²) in [5, 5.41) is 15.2. The van der Waals surface area contributed by atoms with Crippen LogP contribution in [0.2, 0.25) is 0 Å². The van der Waals surface area contributed by atoms with Crippen molar-refractivity contribution in [2.75, 3.05) is 36.4 Å². The van der Waals surface area contributed by atoms with E-state index in [1.807, 2.05) is 72.8 Å². The summed E-state index contributed by atoms with van der Waals surface area (Å²) < 4.78 is 1.82. The fourth-order valence-corrected chi connectivity index (χ4v) is 4.17. The van der Waals surface area contributed by atoms with Crippen molar-refractivity contribution in [3.05, 3.63) is 65.0 Å². The lowest BCUT2D eigenvalue weighted by atomic mass is 10.0. The lowest BCUT2D eigenvalue weighted by molar-refractivity contribution is 0.0744. The summed E-state index contributed by atoms with van der Waals surface area (Å²) in [5.74, 6) is 2.13. The zero-order chi connectivity index (χ0) is 22.2. The van der Waals surface area contributed by atoms with E-state index in [1.165, 1.54) is 0 Å². The fourth-order valence-electron chi connectivity index (χ4n) is 4.17. The average molecular weight is 431 g/mol. The zero-order valence-corrected chi connectivity index (χ0v) is 18.5. The van der Waals surface area contributed by atoms with Gasteiger partial charge in [0, 0.05) is 49.7 Å². The number of aromatic nitrogens is 5. The molecule has 9 nitrogen and oxygen atoms in total. The Hall–Kier alpha value is -3.88. The van der Waals surface area contributed by atoms with Crippen molar-refractivity contribution >= 4 is 29.0 Å². The van der Waals surface area contributed by atoms with Gasteiger partial charge in [-0.25, -0.2) is 4.52 Å². The molecule has 164 valence electrons. The molecule has 2 N–H and O–H groups in total. The Morgan fingerprint density at radius 3 is 2.47 bits per heavy atom. The van der Waals surface area contributed by atoms with Crippen molar-refractivity contribution in [3.8, 4) is 0 Å². The first-order chi connectivity index (χ1) is 15.5. The van der Waals surface area contributed by atoms with Crippen LogP contribution in [0, 0.1) is 20.8 Å². The highest BCUT2D eigenvalue weighted by Crippen LogP contribution is 2.23. The number of H-pyrrole nitrogens is 1. The molecule has 0 saturated carbocycles. The standard InChI is InChI=1S/C23H26N8O/c1-15-6-4-7-16(2)20(15)22(32)29-10-12-30(13-11-29)23-25-21(18-8-5-9-31(18)28-23)24-19-14-17(3)26-27-19/h4-9,14H,10-13H2,1-3H3,(H2,24,25,26,27,28). The van der Waals surface area contributed by atoms with Gasteiger partial charge in [-0.15, -0.1) is 5.10 Å². The highest BCUT2D eigenvalue weighted by molar-refractivity contribution is 5.97. The van der Waals surface area contributed by atoms with Crippen LogP contribution in [-0.4, -0.2) is 61.8 Å². The van der Waals surface area contributed by atoms with Crippen LogP contribution >= 0.6 is 0 Å². The van der Waals surface area contributed by atoms with Gasteiger partial charge in [0.15, 0.2) is 11.6 Å². The number of anilines is 3. The number of rotatable bonds is 4. The average Bonchev–Trinajstić information content (AvgIpc) is 3.42. The summed E-state index contributed by atoms with van der Waals surface area (Å²) >= 11 is 0. The molecule has 32 heavy (non-hydrogen) atoms. The van der Waals surface area contributed by atoms with Crippen molar-refractivity contribution in [2.45, 2.75) is 20.8 Å². The Morgan fingerprint density at radius 1 is 1.03 bits per heavy atom. The first-order valence-corrected chi connectivity index (χ1v) is 10.7. The van der Waals surface area contributed by atoms with Crippen LogP contribution in [0.4, 0.5) is 17.6 Å². The van der Waals surface area contributed by atoms with Gasteiger partial charge in [-0.2, -0.15) is 10.1 Å². The van der Waals surface area contributed by atoms with Crippen molar-refractivity contribution in [2.24, 2.45) is 0 Å². The third kappa shape index (κ3) is 3.66. The van der Waals surface area contributed by atoms with Gasteiger partial charge < -0.3 is 15.1 Å². The maximum atomic E-state index is 13.1. The van der Waals surface area contributed by atoms with Crippen molar-refractivity contribution in [1.82, 2.24) is 29.7 Å². The quantitative estimate of drug-likeness (QED) is 0.517. The number of piperazine rings is 1. The molecule has 0 aliphatic carbocycles. The number of fused-ring (bicyclic) bond motifs is 1. The summed E-state index contributed by atoms with van der Waals surface area (Å²) in [6.07, 6.45) is 1.90. The molecule has 0 spiro atoms. The number of carbonyl (C=O) groups is 1. The molecule has 9 heteroatoms. The molecular weight excluding hydrogens is 404 g/mol. The molecule has 3 aromatic heterocycles. The van der Waals surface area contributed by atoms with E-state index in [4.69, 9.17) is 4.98 Å². The largest absolute Gasteiger partial charge is 0.336 e. The molecular formula is C23H26N8O. The summed E-state index contributed by atoms with van der Waals surface area (Å²) in [7, 11) is 0. The van der Waals surface area contributed by atoms with Gasteiger partial charge in [0.25, 0.3) is 5.91 Å². The van der Waals surface area contributed by atoms with Crippen molar-refractivity contribution in [3.63, 3.8) is 0 Å². The Labute approximate surface area is 186 Å². The van der Waals surface area contributed by atoms with E-state index < -0.39 is 0 Å². The minimum Gasteiger partial charge on any atom is -0.336 e. The van der Waals surface area contributed by atoms with E-state index in [1.54, 1.807) is 0 Å². The van der Waals surface area contributed by atoms with Gasteiger partial charge in [0.2, 0.25) is 5.95 Å². The van der Waals surface area contributed by atoms with Gasteiger partial charge >= 0.3 is 0 Å². The molecule has 4 heterocycles. The number of hydrogen-bond acceptors (Lipinski definition) is 6. The molecule has 0 atom stereocenters. The molecule has 1 aliphatic heterocycles. The number of carbonyl (C=O) groups excluding carboxylic acids is 1. The second-order valence-electron chi connectivity index (χ2n) is 8.21. The molecule has 0 unspecified atom stereocenters. The number of benzene rings is 1. The van der Waals surface area contributed by atoms with E-state index in [2.05, 4.69) is 25.5 Å². The Morgan fingerprint density at radius 2 is 1.78 bits per heavy atom. The predicted molar refractivity (Wildman–Crippen MR) is 124 cm³/mol. The van der Waals surface area contributed by atoms with Crippen LogP contribution < -0.4 is 10.2 Å². The van der Waals surface area contributed by atoms with E-state index >= 15 is 0 Å². The normalized spacial score (nSPS) is 14.2. The van der Waals surface area contributed by atoms with Crippen molar-refractivity contribution < 1.29 is 4.79 Å². The number of aromatic amines is 1. The predicted octanol–water partition coefficient (Wildman–Crippen LogP) is 3.08. The Balaban J connectivity index is 1.35. The summed E-state index contributed by atoms with van der Waals surface area (Å²) in [6, 6.07) is 11.8. The first kappa shape index (κ1) is 20.0. The highest BCUT2D eigenvalue weighted by atomic mass is 16.2. The van der Waals surface area contributed by atoms with Crippen LogP contribution in [0.1, 0.15) is 27.2 Å². The topological polar surface area (TPSA) is 94.5 Å². The third-order valence-electron chi connectivity index (χ3n) is 5.88. The van der Waals surface area contributed by atoms with Crippen LogP contribution in [0.15, 0.2) is 42.6 Å². The zero-order valence-electron chi connectivity index (χ0n) is 18.5. The maximum Gasteiger partial charge on any atom is 0.254 e. The molecule has 1 amide bonds. The van der Waals surface area contributed by atoms with E-state index in [9.17, 15) is 4.79 Å². The monoisotopic (exact) mass is 430 g/mol. The van der Waals surface area contributed by atoms with Crippen LogP contribution in [0.5, 0.6) is 0 Å². The lowest BCUT2D eigenvalue weighted by Gasteiger charge is -2.35. The maximum absolute atomic E-state index is 13.1. The van der Waals surface area contributed by atoms with Crippen LogP contribution in [0.3, 0.4) is 0 Å². The molecule has 1 aliphatic rings. The third-order valence-corrected chi connectivity index (χ3v) is 5.88. The SMILES string of the molecule is Cc1cc(Nc2nc(N3CCN(C(=O)c4c(C)cccc4C)CC3)nn3cccc23)n[nH]1. The molecule has 1 saturated heterocycles. The van der Waals surface area contributed by atoms with E-state index in [0.717, 1.165) is 27.9 Å². The first-order valence-electron chi connectivity index (χ1n) is 10.7. The second-order valence-corrected chi connectivity index (χ2v) is 8.21. The van der Waals surface area contributed by atoms with Gasteiger partial charge in [0.05, 0.1) is 0 Å². The van der Waals surface area contributed by atoms with E-state index in [-0.39, 0.29) is 5.91 Å². The van der Waals surface area contributed by atoms with Gasteiger partial charge in [-0.3, -0.25) is 9.89 Å². The molecule has 1 aromatic carbocycles.